The highest BCUT2D eigenvalue weighted by Crippen LogP contribution is 2.50. The summed E-state index contributed by atoms with van der Waals surface area (Å²) in [7, 11) is 0. The van der Waals surface area contributed by atoms with Gasteiger partial charge in [0.15, 0.2) is 0 Å². The van der Waals surface area contributed by atoms with Crippen molar-refractivity contribution in [1.29, 1.82) is 10.5 Å². The summed E-state index contributed by atoms with van der Waals surface area (Å²) in [6.45, 7) is 0. The standard InChI is InChI=1S/C55H27F15N4/c56-51(57,58)34-18-32(19-35(24-34)52(59,60)61)29-12-14-45-40(22-29)38-7-1-3-10-43(38)73(45)47-16-28(26-71)17-48(50(47)49-31(27-72)6-5-9-42(49)55(68,69)70)74-44-11-4-2-8-39(44)41-23-30(13-15-46(41)74)33-20-36(53(62,63)64)25-37(21-33)54(65,66)67/h1-24,36H,25H2. The van der Waals surface area contributed by atoms with E-state index in [2.05, 4.69) is 0 Å². The van der Waals surface area contributed by atoms with E-state index in [1.165, 1.54) is 63.7 Å². The van der Waals surface area contributed by atoms with Crippen LogP contribution in [0.1, 0.15) is 39.8 Å². The second kappa shape index (κ2) is 17.1. The lowest BCUT2D eigenvalue weighted by atomic mass is 9.86. The molecule has 0 aliphatic heterocycles. The van der Waals surface area contributed by atoms with Gasteiger partial charge in [-0.05, 0) is 114 Å². The molecule has 1 aliphatic carbocycles. The number of aromatic nitrogens is 2. The average molecular weight is 1030 g/mol. The molecule has 0 saturated heterocycles. The molecule has 0 N–H and O–H groups in total. The number of halogens is 15. The fourth-order valence-corrected chi connectivity index (χ4v) is 9.78. The van der Waals surface area contributed by atoms with Crippen molar-refractivity contribution in [2.45, 2.75) is 37.3 Å². The van der Waals surface area contributed by atoms with Gasteiger partial charge in [-0.2, -0.15) is 76.4 Å². The second-order valence-corrected chi connectivity index (χ2v) is 17.4. The minimum Gasteiger partial charge on any atom is -0.308 e. The van der Waals surface area contributed by atoms with E-state index in [4.69, 9.17) is 0 Å². The van der Waals surface area contributed by atoms with Crippen LogP contribution < -0.4 is 0 Å². The van der Waals surface area contributed by atoms with Gasteiger partial charge < -0.3 is 9.13 Å². The summed E-state index contributed by atoms with van der Waals surface area (Å²) in [6, 6.07) is 30.6. The highest BCUT2D eigenvalue weighted by atomic mass is 19.4. The van der Waals surface area contributed by atoms with E-state index >= 15 is 13.2 Å². The Morgan fingerprint density at radius 1 is 0.446 bits per heavy atom. The molecule has 0 saturated carbocycles. The van der Waals surface area contributed by atoms with Crippen molar-refractivity contribution in [2.75, 3.05) is 0 Å². The fraction of sp³-hybridized carbons (Fsp3) is 0.127. The Bertz CT molecular complexity index is 3920. The van der Waals surface area contributed by atoms with Crippen molar-refractivity contribution in [1.82, 2.24) is 9.13 Å². The first-order valence-corrected chi connectivity index (χ1v) is 21.9. The van der Waals surface area contributed by atoms with E-state index in [-0.39, 0.29) is 72.5 Å². The Kier molecular flexibility index (Phi) is 11.3. The number of nitrogens with zero attached hydrogens (tertiary/aromatic N) is 4. The summed E-state index contributed by atoms with van der Waals surface area (Å²) in [6.07, 6.45) is -25.7. The molecule has 0 amide bonds. The van der Waals surface area contributed by atoms with Gasteiger partial charge in [0.25, 0.3) is 0 Å². The van der Waals surface area contributed by atoms with Gasteiger partial charge in [-0.1, -0.05) is 60.7 Å². The fourth-order valence-electron chi connectivity index (χ4n) is 9.78. The summed E-state index contributed by atoms with van der Waals surface area (Å²) in [4.78, 5) is 0. The Labute approximate surface area is 407 Å². The summed E-state index contributed by atoms with van der Waals surface area (Å²) < 4.78 is 218. The summed E-state index contributed by atoms with van der Waals surface area (Å²) >= 11 is 0. The first-order valence-electron chi connectivity index (χ1n) is 21.9. The number of alkyl halides is 15. The Morgan fingerprint density at radius 3 is 1.45 bits per heavy atom. The smallest absolute Gasteiger partial charge is 0.308 e. The van der Waals surface area contributed by atoms with Gasteiger partial charge in [0.2, 0.25) is 0 Å². The Hall–Kier alpha value is -8.45. The van der Waals surface area contributed by atoms with Crippen molar-refractivity contribution in [3.05, 3.63) is 185 Å². The normalized spacial score (nSPS) is 14.9. The molecule has 0 bridgehead atoms. The Morgan fingerprint density at radius 2 is 0.959 bits per heavy atom. The number of allylic oxidation sites excluding steroid dienone is 4. The molecule has 2 heterocycles. The monoisotopic (exact) mass is 1030 g/mol. The summed E-state index contributed by atoms with van der Waals surface area (Å²) in [5.74, 6) is -2.50. The predicted octanol–water partition coefficient (Wildman–Crippen LogP) is 17.5. The minimum atomic E-state index is -5.19. The second-order valence-electron chi connectivity index (χ2n) is 17.4. The van der Waals surface area contributed by atoms with Crippen LogP contribution >= 0.6 is 0 Å². The quantitative estimate of drug-likeness (QED) is 0.161. The lowest BCUT2D eigenvalue weighted by molar-refractivity contribution is -0.165. The molecule has 9 aromatic rings. The molecule has 1 aliphatic rings. The zero-order valence-electron chi connectivity index (χ0n) is 37.1. The van der Waals surface area contributed by atoms with Crippen LogP contribution in [0.5, 0.6) is 0 Å². The zero-order valence-corrected chi connectivity index (χ0v) is 37.1. The molecule has 1 atom stereocenters. The Balaban J connectivity index is 1.31. The van der Waals surface area contributed by atoms with E-state index in [0.717, 1.165) is 18.2 Å². The third-order valence-electron chi connectivity index (χ3n) is 13.0. The van der Waals surface area contributed by atoms with Gasteiger partial charge in [0.05, 0.1) is 79.3 Å². The molecule has 1 unspecified atom stereocenters. The molecule has 74 heavy (non-hydrogen) atoms. The number of rotatable bonds is 5. The SMILES string of the molecule is N#Cc1cc(-n2c3ccccc3c3cc(C4=CC(C(F)(F)F)CC(C(F)(F)F)=C4)ccc32)c(-c2c(C#N)cccc2C(F)(F)F)c(-n2c3ccccc3c3cc(-c4cc(C(F)(F)F)cc(C(F)(F)F)c4)ccc32)c1. The molecule has 0 fully saturated rings. The first-order chi connectivity index (χ1) is 34.8. The van der Waals surface area contributed by atoms with Gasteiger partial charge >= 0.3 is 30.9 Å². The number of fused-ring (bicyclic) bond motifs is 6. The van der Waals surface area contributed by atoms with Crippen molar-refractivity contribution in [2.24, 2.45) is 5.92 Å². The van der Waals surface area contributed by atoms with Crippen molar-refractivity contribution in [3.8, 4) is 45.8 Å². The van der Waals surface area contributed by atoms with E-state index in [1.807, 2.05) is 12.1 Å². The molecule has 0 radical (unpaired) electrons. The van der Waals surface area contributed by atoms with E-state index < -0.39 is 87.7 Å². The highest BCUT2D eigenvalue weighted by molar-refractivity contribution is 6.13. The van der Waals surface area contributed by atoms with E-state index in [9.17, 15) is 63.2 Å². The number of para-hydroxylation sites is 2. The van der Waals surface area contributed by atoms with Gasteiger partial charge in [0, 0.05) is 38.2 Å². The minimum absolute atomic E-state index is 0.0229. The molecule has 2 aromatic heterocycles. The molecular weight excluding hydrogens is 1000 g/mol. The number of benzene rings is 7. The third kappa shape index (κ3) is 8.45. The zero-order chi connectivity index (χ0) is 53.0. The number of nitriles is 2. The lowest BCUT2D eigenvalue weighted by Crippen LogP contribution is -2.27. The van der Waals surface area contributed by atoms with Gasteiger partial charge in [-0.3, -0.25) is 0 Å². The number of hydrogen-bond donors (Lipinski definition) is 0. The van der Waals surface area contributed by atoms with Crippen LogP contribution in [0.3, 0.4) is 0 Å². The van der Waals surface area contributed by atoms with E-state index in [0.29, 0.717) is 35.1 Å². The van der Waals surface area contributed by atoms with Gasteiger partial charge in [-0.15, -0.1) is 0 Å². The maximum absolute atomic E-state index is 15.5. The molecule has 0 spiro atoms. The maximum atomic E-state index is 15.5. The molecule has 4 nitrogen and oxygen atoms in total. The highest BCUT2D eigenvalue weighted by Gasteiger charge is 2.46. The molecular formula is C55H27F15N4. The van der Waals surface area contributed by atoms with Crippen LogP contribution in [-0.2, 0) is 18.5 Å². The first kappa shape index (κ1) is 49.1. The summed E-state index contributed by atoms with van der Waals surface area (Å²) in [5, 5.41) is 22.3. The van der Waals surface area contributed by atoms with Crippen molar-refractivity contribution < 1.29 is 65.9 Å². The van der Waals surface area contributed by atoms with Gasteiger partial charge in [0.1, 0.15) is 0 Å². The maximum Gasteiger partial charge on any atom is 0.417 e. The van der Waals surface area contributed by atoms with Crippen molar-refractivity contribution >= 4 is 49.2 Å². The van der Waals surface area contributed by atoms with Crippen LogP contribution in [0.25, 0.3) is 82.8 Å². The van der Waals surface area contributed by atoms with Crippen LogP contribution in [0, 0.1) is 28.6 Å². The van der Waals surface area contributed by atoms with Crippen LogP contribution in [-0.4, -0.2) is 21.5 Å². The predicted molar refractivity (Wildman–Crippen MR) is 247 cm³/mol. The average Bonchev–Trinajstić information content (AvgIpc) is 3.86. The molecule has 10 rings (SSSR count). The molecule has 372 valence electrons. The number of hydrogen-bond acceptors (Lipinski definition) is 2. The summed E-state index contributed by atoms with van der Waals surface area (Å²) in [5.41, 5.74) is -8.20. The van der Waals surface area contributed by atoms with Gasteiger partial charge in [-0.25, -0.2) is 0 Å². The third-order valence-corrected chi connectivity index (χ3v) is 13.0. The topological polar surface area (TPSA) is 57.4 Å². The van der Waals surface area contributed by atoms with Crippen LogP contribution in [0.15, 0.2) is 151 Å². The molecule has 7 aromatic carbocycles. The molecule has 19 heteroatoms. The van der Waals surface area contributed by atoms with Crippen LogP contribution in [0.4, 0.5) is 65.9 Å². The van der Waals surface area contributed by atoms with E-state index in [1.54, 1.807) is 42.5 Å². The largest absolute Gasteiger partial charge is 0.417 e. The van der Waals surface area contributed by atoms with Crippen LogP contribution in [0.2, 0.25) is 0 Å². The van der Waals surface area contributed by atoms with Crippen molar-refractivity contribution in [3.63, 3.8) is 0 Å². The lowest BCUT2D eigenvalue weighted by Gasteiger charge is -2.25.